The van der Waals surface area contributed by atoms with Crippen molar-refractivity contribution in [2.45, 2.75) is 37.8 Å². The molecular weight excluding hydrogens is 354 g/mol. The Morgan fingerprint density at radius 3 is 2.25 bits per heavy atom. The highest BCUT2D eigenvalue weighted by Gasteiger charge is 2.28. The molecule has 2 aliphatic heterocycles. The summed E-state index contributed by atoms with van der Waals surface area (Å²) in [7, 11) is 0. The summed E-state index contributed by atoms with van der Waals surface area (Å²) in [5, 5.41) is 3.17. The van der Waals surface area contributed by atoms with E-state index in [4.69, 9.17) is 0 Å². The fraction of sp³-hybridized carbons (Fsp3) is 0.476. The minimum atomic E-state index is 0.0249. The lowest BCUT2D eigenvalue weighted by Crippen LogP contribution is -2.51. The lowest BCUT2D eigenvalue weighted by Gasteiger charge is -2.36. The number of piperidine rings is 2. The van der Waals surface area contributed by atoms with Crippen molar-refractivity contribution in [3.05, 3.63) is 54.6 Å². The third kappa shape index (κ3) is 4.18. The molecular formula is C21H27N5O2. The van der Waals surface area contributed by atoms with E-state index in [1.165, 1.54) is 0 Å². The van der Waals surface area contributed by atoms with E-state index in [0.29, 0.717) is 19.1 Å². The van der Waals surface area contributed by atoms with Gasteiger partial charge in [0.25, 0.3) is 5.91 Å². The van der Waals surface area contributed by atoms with Crippen LogP contribution in [0.5, 0.6) is 0 Å². The van der Waals surface area contributed by atoms with E-state index >= 15 is 0 Å². The van der Waals surface area contributed by atoms with Crippen molar-refractivity contribution in [2.75, 3.05) is 26.2 Å². The van der Waals surface area contributed by atoms with Crippen molar-refractivity contribution in [3.8, 4) is 0 Å². The molecule has 3 heterocycles. The van der Waals surface area contributed by atoms with Crippen LogP contribution in [0.15, 0.2) is 49.1 Å². The van der Waals surface area contributed by atoms with Crippen LogP contribution in [0, 0.1) is 0 Å². The number of urea groups is 1. The van der Waals surface area contributed by atoms with Gasteiger partial charge in [-0.1, -0.05) is 18.2 Å². The number of amides is 3. The van der Waals surface area contributed by atoms with Crippen molar-refractivity contribution < 1.29 is 9.59 Å². The molecule has 0 atom stereocenters. The summed E-state index contributed by atoms with van der Waals surface area (Å²) < 4.78 is 2.13. The molecule has 1 N–H and O–H groups in total. The number of likely N-dealkylation sites (tertiary alicyclic amines) is 2. The van der Waals surface area contributed by atoms with Crippen LogP contribution in [0.1, 0.15) is 42.1 Å². The van der Waals surface area contributed by atoms with E-state index in [1.54, 1.807) is 6.20 Å². The van der Waals surface area contributed by atoms with Gasteiger partial charge in [-0.2, -0.15) is 0 Å². The number of carbonyl (C=O) groups excluding carboxylic acids is 2. The van der Waals surface area contributed by atoms with Crippen LogP contribution in [-0.4, -0.2) is 63.5 Å². The standard InChI is InChI=1S/C21H27N5O2/c27-20(17-4-2-1-3-5-17)24-11-6-18(7-12-24)23-21(28)25-13-8-19(9-14-25)26-15-10-22-16-26/h1-5,10,15-16,18-19H,6-9,11-14H2,(H,23,28). The van der Waals surface area contributed by atoms with E-state index in [1.807, 2.05) is 52.7 Å². The van der Waals surface area contributed by atoms with E-state index < -0.39 is 0 Å². The predicted molar refractivity (Wildman–Crippen MR) is 106 cm³/mol. The van der Waals surface area contributed by atoms with Gasteiger partial charge in [-0.3, -0.25) is 4.79 Å². The first-order valence-corrected chi connectivity index (χ1v) is 10.1. The van der Waals surface area contributed by atoms with Gasteiger partial charge >= 0.3 is 6.03 Å². The summed E-state index contributed by atoms with van der Waals surface area (Å²) >= 11 is 0. The third-order valence-corrected chi connectivity index (χ3v) is 5.83. The van der Waals surface area contributed by atoms with Crippen molar-refractivity contribution in [1.82, 2.24) is 24.7 Å². The summed E-state index contributed by atoms with van der Waals surface area (Å²) in [6, 6.07) is 9.98. The van der Waals surface area contributed by atoms with Crippen molar-refractivity contribution in [1.29, 1.82) is 0 Å². The maximum absolute atomic E-state index is 12.6. The average Bonchev–Trinajstić information content (AvgIpc) is 3.29. The van der Waals surface area contributed by atoms with E-state index in [2.05, 4.69) is 14.9 Å². The second kappa shape index (κ2) is 8.46. The molecule has 0 spiro atoms. The number of nitrogens with one attached hydrogen (secondary N) is 1. The lowest BCUT2D eigenvalue weighted by molar-refractivity contribution is 0.0705. The third-order valence-electron chi connectivity index (χ3n) is 5.83. The first-order chi connectivity index (χ1) is 13.7. The van der Waals surface area contributed by atoms with Gasteiger partial charge in [0, 0.05) is 56.2 Å². The second-order valence-corrected chi connectivity index (χ2v) is 7.61. The van der Waals surface area contributed by atoms with Gasteiger partial charge in [-0.25, -0.2) is 9.78 Å². The van der Waals surface area contributed by atoms with E-state index in [-0.39, 0.29) is 18.0 Å². The van der Waals surface area contributed by atoms with Crippen LogP contribution in [0.4, 0.5) is 4.79 Å². The summed E-state index contributed by atoms with van der Waals surface area (Å²) in [5.41, 5.74) is 0.728. The highest BCUT2D eigenvalue weighted by Crippen LogP contribution is 2.22. The molecule has 2 aromatic rings. The maximum Gasteiger partial charge on any atom is 0.317 e. The molecule has 0 radical (unpaired) electrons. The van der Waals surface area contributed by atoms with E-state index in [9.17, 15) is 9.59 Å². The van der Waals surface area contributed by atoms with Crippen molar-refractivity contribution in [2.24, 2.45) is 0 Å². The monoisotopic (exact) mass is 381 g/mol. The lowest BCUT2D eigenvalue weighted by atomic mass is 10.0. The molecule has 0 bridgehead atoms. The Hall–Kier alpha value is -2.83. The molecule has 28 heavy (non-hydrogen) atoms. The molecule has 1 aromatic heterocycles. The molecule has 2 saturated heterocycles. The first kappa shape index (κ1) is 18.5. The Kier molecular flexibility index (Phi) is 5.60. The van der Waals surface area contributed by atoms with Crippen LogP contribution >= 0.6 is 0 Å². The van der Waals surface area contributed by atoms with Gasteiger partial charge in [0.2, 0.25) is 0 Å². The highest BCUT2D eigenvalue weighted by atomic mass is 16.2. The first-order valence-electron chi connectivity index (χ1n) is 10.1. The number of aromatic nitrogens is 2. The van der Waals surface area contributed by atoms with Gasteiger partial charge in [0.1, 0.15) is 0 Å². The van der Waals surface area contributed by atoms with Crippen LogP contribution in [0.3, 0.4) is 0 Å². The van der Waals surface area contributed by atoms with Gasteiger partial charge in [-0.05, 0) is 37.8 Å². The quantitative estimate of drug-likeness (QED) is 0.888. The minimum Gasteiger partial charge on any atom is -0.338 e. The molecule has 0 unspecified atom stereocenters. The molecule has 148 valence electrons. The van der Waals surface area contributed by atoms with Gasteiger partial charge < -0.3 is 19.7 Å². The average molecular weight is 381 g/mol. The second-order valence-electron chi connectivity index (χ2n) is 7.61. The number of rotatable bonds is 3. The van der Waals surface area contributed by atoms with Crippen LogP contribution < -0.4 is 5.32 Å². The van der Waals surface area contributed by atoms with Gasteiger partial charge in [-0.15, -0.1) is 0 Å². The molecule has 7 heteroatoms. The Bertz CT molecular complexity index is 776. The van der Waals surface area contributed by atoms with Crippen LogP contribution in [0.2, 0.25) is 0 Å². The van der Waals surface area contributed by atoms with Crippen LogP contribution in [-0.2, 0) is 0 Å². The van der Waals surface area contributed by atoms with Gasteiger partial charge in [0.15, 0.2) is 0 Å². The number of hydrogen-bond donors (Lipinski definition) is 1. The van der Waals surface area contributed by atoms with Crippen molar-refractivity contribution in [3.63, 3.8) is 0 Å². The number of carbonyl (C=O) groups is 2. The molecule has 7 nitrogen and oxygen atoms in total. The van der Waals surface area contributed by atoms with Crippen LogP contribution in [0.25, 0.3) is 0 Å². The number of imidazole rings is 1. The predicted octanol–water partition coefficient (Wildman–Crippen LogP) is 2.53. The normalized spacial score (nSPS) is 18.9. The zero-order chi connectivity index (χ0) is 19.3. The Labute approximate surface area is 165 Å². The summed E-state index contributed by atoms with van der Waals surface area (Å²) in [6.45, 7) is 2.89. The Balaban J connectivity index is 1.22. The zero-order valence-electron chi connectivity index (χ0n) is 16.0. The fourth-order valence-electron chi connectivity index (χ4n) is 4.11. The summed E-state index contributed by atoms with van der Waals surface area (Å²) in [5.74, 6) is 0.0759. The Morgan fingerprint density at radius 1 is 0.929 bits per heavy atom. The largest absolute Gasteiger partial charge is 0.338 e. The molecule has 1 aromatic carbocycles. The summed E-state index contributed by atoms with van der Waals surface area (Å²) in [4.78, 5) is 33.0. The van der Waals surface area contributed by atoms with E-state index in [0.717, 1.165) is 44.3 Å². The molecule has 0 aliphatic carbocycles. The number of benzene rings is 1. The molecule has 2 aliphatic rings. The summed E-state index contributed by atoms with van der Waals surface area (Å²) in [6.07, 6.45) is 9.15. The number of hydrogen-bond acceptors (Lipinski definition) is 3. The molecule has 2 fully saturated rings. The highest BCUT2D eigenvalue weighted by molar-refractivity contribution is 5.94. The SMILES string of the molecule is O=C(NC1CCN(C(=O)c2ccccc2)CC1)N1CCC(n2ccnc2)CC1. The maximum atomic E-state index is 12.6. The fourth-order valence-corrected chi connectivity index (χ4v) is 4.11. The smallest absolute Gasteiger partial charge is 0.317 e. The number of nitrogens with zero attached hydrogens (tertiary/aromatic N) is 4. The minimum absolute atomic E-state index is 0.0249. The van der Waals surface area contributed by atoms with Crippen molar-refractivity contribution >= 4 is 11.9 Å². The zero-order valence-corrected chi connectivity index (χ0v) is 16.0. The molecule has 0 saturated carbocycles. The Morgan fingerprint density at radius 2 is 1.61 bits per heavy atom. The molecule has 4 rings (SSSR count). The topological polar surface area (TPSA) is 70.5 Å². The van der Waals surface area contributed by atoms with Gasteiger partial charge in [0.05, 0.1) is 6.33 Å². The molecule has 3 amide bonds.